The second kappa shape index (κ2) is 11.1. The van der Waals surface area contributed by atoms with Gasteiger partial charge in [0.05, 0.1) is 26.9 Å². The van der Waals surface area contributed by atoms with Crippen molar-refractivity contribution in [1.82, 2.24) is 19.5 Å². The van der Waals surface area contributed by atoms with Gasteiger partial charge in [0.2, 0.25) is 5.95 Å². The summed E-state index contributed by atoms with van der Waals surface area (Å²) < 4.78 is 7.21. The summed E-state index contributed by atoms with van der Waals surface area (Å²) in [5.74, 6) is 0.708. The minimum atomic E-state index is 0.708. The summed E-state index contributed by atoms with van der Waals surface area (Å²) in [5.41, 5.74) is 10.5. The molecule has 1 aliphatic rings. The average molecular weight is 713 g/mol. The lowest BCUT2D eigenvalue weighted by molar-refractivity contribution is 0.980. The predicted octanol–water partition coefficient (Wildman–Crippen LogP) is 13.2. The lowest BCUT2D eigenvalue weighted by Gasteiger charge is -2.13. The Labute approximate surface area is 311 Å². The first-order valence-corrected chi connectivity index (χ1v) is 19.6. The molecule has 4 nitrogen and oxygen atoms in total. The van der Waals surface area contributed by atoms with Crippen LogP contribution in [0.2, 0.25) is 0 Å². The second-order valence-electron chi connectivity index (χ2n) is 13.9. The number of nitrogens with zero attached hydrogens (tertiary/aromatic N) is 4. The minimum absolute atomic E-state index is 0.708. The molecule has 0 amide bonds. The van der Waals surface area contributed by atoms with Gasteiger partial charge in [0.25, 0.3) is 0 Å². The molecule has 11 aromatic rings. The molecule has 6 heteroatoms. The summed E-state index contributed by atoms with van der Waals surface area (Å²) in [4.78, 5) is 15.3. The maximum absolute atomic E-state index is 5.46. The summed E-state index contributed by atoms with van der Waals surface area (Å²) in [5, 5.41) is 8.54. The fourth-order valence-corrected chi connectivity index (χ4v) is 10.7. The second-order valence-corrected chi connectivity index (χ2v) is 16.1. The lowest BCUT2D eigenvalue weighted by atomic mass is 9.95. The van der Waals surface area contributed by atoms with E-state index < -0.39 is 0 Å². The number of hydrogen-bond acceptors (Lipinski definition) is 5. The third kappa shape index (κ3) is 4.37. The Hall–Kier alpha value is -6.21. The van der Waals surface area contributed by atoms with Gasteiger partial charge in [0.1, 0.15) is 0 Å². The van der Waals surface area contributed by atoms with E-state index >= 15 is 0 Å². The van der Waals surface area contributed by atoms with Crippen LogP contribution in [-0.4, -0.2) is 19.5 Å². The molecular formula is C47H28N4S2. The maximum Gasteiger partial charge on any atom is 0.235 e. The van der Waals surface area contributed by atoms with Crippen LogP contribution in [0.15, 0.2) is 140 Å². The molecule has 5 aromatic heterocycles. The fourth-order valence-electron chi connectivity index (χ4n) is 8.44. The van der Waals surface area contributed by atoms with Gasteiger partial charge in [-0.3, -0.25) is 9.55 Å². The van der Waals surface area contributed by atoms with Crippen LogP contribution in [0.3, 0.4) is 0 Å². The number of hydrogen-bond donors (Lipinski definition) is 0. The largest absolute Gasteiger partial charge is 0.278 e. The molecule has 1 aliphatic carbocycles. The summed E-state index contributed by atoms with van der Waals surface area (Å²) in [6.45, 7) is 0. The predicted molar refractivity (Wildman–Crippen MR) is 226 cm³/mol. The van der Waals surface area contributed by atoms with Crippen molar-refractivity contribution in [2.45, 2.75) is 12.8 Å². The Bertz CT molecular complexity index is 3340. The van der Waals surface area contributed by atoms with Gasteiger partial charge in [0, 0.05) is 64.4 Å². The Kier molecular flexibility index (Phi) is 6.18. The zero-order chi connectivity index (χ0) is 34.6. The van der Waals surface area contributed by atoms with Gasteiger partial charge in [0.15, 0.2) is 0 Å². The fraction of sp³-hybridized carbons (Fsp3) is 0.0426. The topological polar surface area (TPSA) is 43.6 Å². The highest BCUT2D eigenvalue weighted by molar-refractivity contribution is 7.26. The van der Waals surface area contributed by atoms with Crippen LogP contribution in [0.5, 0.6) is 0 Å². The molecule has 0 unspecified atom stereocenters. The molecule has 248 valence electrons. The summed E-state index contributed by atoms with van der Waals surface area (Å²) in [7, 11) is 0. The summed E-state index contributed by atoms with van der Waals surface area (Å²) >= 11 is 3.63. The Morgan fingerprint density at radius 2 is 1.43 bits per heavy atom. The zero-order valence-corrected chi connectivity index (χ0v) is 30.0. The van der Waals surface area contributed by atoms with Gasteiger partial charge >= 0.3 is 0 Å². The molecule has 0 saturated heterocycles. The molecule has 0 atom stereocenters. The highest BCUT2D eigenvalue weighted by atomic mass is 32.1. The first-order valence-electron chi connectivity index (χ1n) is 18.0. The molecule has 6 aromatic carbocycles. The van der Waals surface area contributed by atoms with Crippen LogP contribution < -0.4 is 0 Å². The molecule has 0 fully saturated rings. The van der Waals surface area contributed by atoms with Crippen molar-refractivity contribution in [3.8, 4) is 28.3 Å². The smallest absolute Gasteiger partial charge is 0.235 e. The van der Waals surface area contributed by atoms with Gasteiger partial charge in [-0.2, -0.15) is 0 Å². The molecule has 53 heavy (non-hydrogen) atoms. The van der Waals surface area contributed by atoms with Crippen LogP contribution in [-0.2, 0) is 6.42 Å². The van der Waals surface area contributed by atoms with E-state index in [1.54, 1.807) is 11.3 Å². The van der Waals surface area contributed by atoms with E-state index in [1.165, 1.54) is 68.7 Å². The van der Waals surface area contributed by atoms with Gasteiger partial charge in [-0.15, -0.1) is 22.7 Å². The number of fused-ring (bicyclic) bond motifs is 11. The van der Waals surface area contributed by atoms with Crippen molar-refractivity contribution >= 4 is 102 Å². The van der Waals surface area contributed by atoms with Crippen LogP contribution >= 0.6 is 22.7 Å². The first kappa shape index (κ1) is 29.4. The number of rotatable bonds is 3. The van der Waals surface area contributed by atoms with Gasteiger partial charge < -0.3 is 0 Å². The molecule has 0 radical (unpaired) electrons. The highest BCUT2D eigenvalue weighted by Gasteiger charge is 2.22. The van der Waals surface area contributed by atoms with Gasteiger partial charge in [-0.25, -0.2) is 9.97 Å². The van der Waals surface area contributed by atoms with E-state index in [9.17, 15) is 0 Å². The van der Waals surface area contributed by atoms with Crippen molar-refractivity contribution in [3.63, 3.8) is 0 Å². The van der Waals surface area contributed by atoms with Crippen molar-refractivity contribution < 1.29 is 0 Å². The average Bonchev–Trinajstić information content (AvgIpc) is 3.87. The standard InChI is InChI=1S/C47H28N4S2/c1-2-9-27(10-3-1)44-46-45(34-14-6-7-16-41(34)53-46)50-47(49-44)51-39-23-29-12-5-4-11-28(29)21-35(39)36-24-38-37-22-30(17-18-42(37)52-43(38)25-40(36)51)32-15-8-13-31-26-48-20-19-33(31)32/h1-4,6-11,13-26H,5,12H2. The van der Waals surface area contributed by atoms with Crippen LogP contribution in [0.1, 0.15) is 17.5 Å². The number of allylic oxidation sites excluding steroid dienone is 1. The van der Waals surface area contributed by atoms with E-state index in [4.69, 9.17) is 9.97 Å². The molecule has 0 bridgehead atoms. The van der Waals surface area contributed by atoms with Crippen molar-refractivity contribution in [3.05, 3.63) is 151 Å². The van der Waals surface area contributed by atoms with Gasteiger partial charge in [-0.05, 0) is 89.0 Å². The normalized spacial score (nSPS) is 13.1. The van der Waals surface area contributed by atoms with E-state index in [1.807, 2.05) is 23.7 Å². The molecule has 12 rings (SSSR count). The van der Waals surface area contributed by atoms with Crippen LogP contribution in [0, 0.1) is 0 Å². The van der Waals surface area contributed by atoms with E-state index in [0.29, 0.717) is 5.95 Å². The zero-order valence-electron chi connectivity index (χ0n) is 28.4. The SMILES string of the molecule is C1=Cc2cc3c4cc5c(cc4n(-c4nc(-c6ccccc6)c6sc7ccccc7c6n4)c3cc2CC1)sc1ccc(-c2cccc3cnccc23)cc15. The monoisotopic (exact) mass is 712 g/mol. The third-order valence-electron chi connectivity index (χ3n) is 10.9. The first-order chi connectivity index (χ1) is 26.2. The summed E-state index contributed by atoms with van der Waals surface area (Å²) in [6.07, 6.45) is 10.5. The lowest BCUT2D eigenvalue weighted by Crippen LogP contribution is -2.03. The van der Waals surface area contributed by atoms with Gasteiger partial charge in [-0.1, -0.05) is 84.9 Å². The van der Waals surface area contributed by atoms with Crippen LogP contribution in [0.4, 0.5) is 0 Å². The van der Waals surface area contributed by atoms with E-state index in [-0.39, 0.29) is 0 Å². The number of aryl methyl sites for hydroxylation is 1. The Balaban J connectivity index is 1.17. The highest BCUT2D eigenvalue weighted by Crippen LogP contribution is 2.44. The quantitative estimate of drug-likeness (QED) is 0.183. The maximum atomic E-state index is 5.46. The number of benzene rings is 6. The minimum Gasteiger partial charge on any atom is -0.278 e. The van der Waals surface area contributed by atoms with Crippen molar-refractivity contribution in [1.29, 1.82) is 0 Å². The Morgan fingerprint density at radius 3 is 2.40 bits per heavy atom. The van der Waals surface area contributed by atoms with E-state index in [0.717, 1.165) is 50.7 Å². The molecule has 0 saturated carbocycles. The number of pyridine rings is 1. The molecule has 0 spiro atoms. The van der Waals surface area contributed by atoms with E-state index in [2.05, 4.69) is 143 Å². The van der Waals surface area contributed by atoms with Crippen molar-refractivity contribution in [2.24, 2.45) is 0 Å². The molecule has 0 aliphatic heterocycles. The van der Waals surface area contributed by atoms with Crippen molar-refractivity contribution in [2.75, 3.05) is 0 Å². The molecule has 5 heterocycles. The third-order valence-corrected chi connectivity index (χ3v) is 13.2. The van der Waals surface area contributed by atoms with Crippen LogP contribution in [0.25, 0.3) is 107 Å². The molecule has 0 N–H and O–H groups in total. The summed E-state index contributed by atoms with van der Waals surface area (Å²) in [6, 6.07) is 44.3. The Morgan fingerprint density at radius 1 is 0.585 bits per heavy atom. The molecular weight excluding hydrogens is 685 g/mol. The number of aromatic nitrogens is 4. The number of thiophene rings is 2.